The van der Waals surface area contributed by atoms with Gasteiger partial charge in [0.15, 0.2) is 0 Å². The minimum absolute atomic E-state index is 0.0554. The Morgan fingerprint density at radius 3 is 2.41 bits per heavy atom. The van der Waals surface area contributed by atoms with Gasteiger partial charge in [0.2, 0.25) is 11.8 Å². The molecule has 2 rings (SSSR count). The molecule has 0 bridgehead atoms. The molecule has 22 heavy (non-hydrogen) atoms. The maximum atomic E-state index is 12.3. The Hall–Kier alpha value is -1.59. The SMILES string of the molecule is C[C@H](CC(=O)N1CCC[C@H](C(=O)O)C1)NC(=O)C1CCCC1. The van der Waals surface area contributed by atoms with E-state index in [1.807, 2.05) is 6.92 Å². The van der Waals surface area contributed by atoms with E-state index < -0.39 is 11.9 Å². The second-order valence-electron chi connectivity index (χ2n) is 6.61. The van der Waals surface area contributed by atoms with Crippen LogP contribution in [0.5, 0.6) is 0 Å². The predicted molar refractivity (Wildman–Crippen MR) is 81.1 cm³/mol. The lowest BCUT2D eigenvalue weighted by atomic mass is 9.97. The summed E-state index contributed by atoms with van der Waals surface area (Å²) in [4.78, 5) is 37.0. The number of carbonyl (C=O) groups is 3. The summed E-state index contributed by atoms with van der Waals surface area (Å²) in [6.07, 6.45) is 5.70. The smallest absolute Gasteiger partial charge is 0.308 e. The van der Waals surface area contributed by atoms with E-state index in [1.165, 1.54) is 0 Å². The molecule has 0 aromatic heterocycles. The number of likely N-dealkylation sites (tertiary alicyclic amines) is 1. The molecule has 1 aliphatic carbocycles. The highest BCUT2D eigenvalue weighted by atomic mass is 16.4. The Balaban J connectivity index is 1.77. The van der Waals surface area contributed by atoms with Crippen LogP contribution >= 0.6 is 0 Å². The number of carboxylic acid groups (broad SMARTS) is 1. The van der Waals surface area contributed by atoms with Crippen LogP contribution in [0.25, 0.3) is 0 Å². The van der Waals surface area contributed by atoms with E-state index in [2.05, 4.69) is 5.32 Å². The van der Waals surface area contributed by atoms with Gasteiger partial charge in [0, 0.05) is 31.5 Å². The standard InChI is InChI=1S/C16H26N2O4/c1-11(17-15(20)12-5-2-3-6-12)9-14(19)18-8-4-7-13(10-18)16(21)22/h11-13H,2-10H2,1H3,(H,17,20)(H,21,22)/t11-,13+/m1/s1. The van der Waals surface area contributed by atoms with Crippen LogP contribution in [-0.4, -0.2) is 46.9 Å². The van der Waals surface area contributed by atoms with Crippen molar-refractivity contribution in [2.75, 3.05) is 13.1 Å². The first kappa shape index (κ1) is 16.8. The Morgan fingerprint density at radius 1 is 1.14 bits per heavy atom. The minimum atomic E-state index is -0.833. The maximum Gasteiger partial charge on any atom is 0.308 e. The summed E-state index contributed by atoms with van der Waals surface area (Å²) in [5.41, 5.74) is 0. The number of hydrogen-bond acceptors (Lipinski definition) is 3. The van der Waals surface area contributed by atoms with Gasteiger partial charge in [0.25, 0.3) is 0 Å². The van der Waals surface area contributed by atoms with Crippen LogP contribution in [0.1, 0.15) is 51.9 Å². The van der Waals surface area contributed by atoms with Crippen molar-refractivity contribution in [1.82, 2.24) is 10.2 Å². The summed E-state index contributed by atoms with van der Waals surface area (Å²) in [6.45, 7) is 2.74. The maximum absolute atomic E-state index is 12.3. The Bertz CT molecular complexity index is 432. The van der Waals surface area contributed by atoms with Crippen LogP contribution in [-0.2, 0) is 14.4 Å². The third-order valence-corrected chi connectivity index (χ3v) is 4.72. The number of rotatable bonds is 5. The largest absolute Gasteiger partial charge is 0.481 e. The molecule has 0 spiro atoms. The van der Waals surface area contributed by atoms with E-state index in [-0.39, 0.29) is 36.7 Å². The lowest BCUT2D eigenvalue weighted by molar-refractivity contribution is -0.145. The van der Waals surface area contributed by atoms with Crippen LogP contribution in [0.4, 0.5) is 0 Å². The molecule has 2 amide bonds. The van der Waals surface area contributed by atoms with E-state index in [0.29, 0.717) is 13.0 Å². The quantitative estimate of drug-likeness (QED) is 0.803. The molecule has 6 heteroatoms. The first-order valence-corrected chi connectivity index (χ1v) is 8.28. The molecule has 1 saturated heterocycles. The number of aliphatic carboxylic acids is 1. The average Bonchev–Trinajstić information content (AvgIpc) is 3.01. The van der Waals surface area contributed by atoms with Gasteiger partial charge >= 0.3 is 5.97 Å². The van der Waals surface area contributed by atoms with Gasteiger partial charge in [-0.05, 0) is 32.6 Å². The van der Waals surface area contributed by atoms with Crippen LogP contribution in [0.2, 0.25) is 0 Å². The van der Waals surface area contributed by atoms with Gasteiger partial charge in [-0.15, -0.1) is 0 Å². The average molecular weight is 310 g/mol. The van der Waals surface area contributed by atoms with Crippen LogP contribution in [0, 0.1) is 11.8 Å². The number of carboxylic acids is 1. The van der Waals surface area contributed by atoms with Gasteiger partial charge in [0.1, 0.15) is 0 Å². The molecule has 1 saturated carbocycles. The normalized spacial score (nSPS) is 24.0. The first-order valence-electron chi connectivity index (χ1n) is 8.28. The van der Waals surface area contributed by atoms with E-state index in [0.717, 1.165) is 32.1 Å². The van der Waals surface area contributed by atoms with Crippen molar-refractivity contribution < 1.29 is 19.5 Å². The highest BCUT2D eigenvalue weighted by molar-refractivity contribution is 5.81. The zero-order valence-corrected chi connectivity index (χ0v) is 13.2. The number of amides is 2. The molecular weight excluding hydrogens is 284 g/mol. The van der Waals surface area contributed by atoms with Gasteiger partial charge in [0.05, 0.1) is 5.92 Å². The molecule has 2 aliphatic rings. The summed E-state index contributed by atoms with van der Waals surface area (Å²) in [7, 11) is 0. The van der Waals surface area contributed by atoms with E-state index in [4.69, 9.17) is 5.11 Å². The Labute approximate surface area is 131 Å². The fraction of sp³-hybridized carbons (Fsp3) is 0.812. The molecule has 0 radical (unpaired) electrons. The van der Waals surface area contributed by atoms with Crippen LogP contribution in [0.15, 0.2) is 0 Å². The number of piperidine rings is 1. The second-order valence-corrected chi connectivity index (χ2v) is 6.61. The fourth-order valence-electron chi connectivity index (χ4n) is 3.40. The zero-order valence-electron chi connectivity index (χ0n) is 13.2. The molecule has 1 aliphatic heterocycles. The number of hydrogen-bond donors (Lipinski definition) is 2. The van der Waals surface area contributed by atoms with Crippen LogP contribution in [0.3, 0.4) is 0 Å². The number of carbonyl (C=O) groups excluding carboxylic acids is 2. The zero-order chi connectivity index (χ0) is 16.1. The topological polar surface area (TPSA) is 86.7 Å². The molecular formula is C16H26N2O4. The molecule has 1 heterocycles. The number of nitrogens with zero attached hydrogens (tertiary/aromatic N) is 1. The highest BCUT2D eigenvalue weighted by Gasteiger charge is 2.29. The van der Waals surface area contributed by atoms with E-state index in [1.54, 1.807) is 4.90 Å². The van der Waals surface area contributed by atoms with Gasteiger partial charge in [-0.2, -0.15) is 0 Å². The summed E-state index contributed by atoms with van der Waals surface area (Å²) in [5.74, 6) is -1.20. The fourth-order valence-corrected chi connectivity index (χ4v) is 3.40. The third kappa shape index (κ3) is 4.45. The number of nitrogens with one attached hydrogen (secondary N) is 1. The monoisotopic (exact) mass is 310 g/mol. The molecule has 2 fully saturated rings. The van der Waals surface area contributed by atoms with Crippen molar-refractivity contribution in [1.29, 1.82) is 0 Å². The molecule has 124 valence electrons. The molecule has 2 atom stereocenters. The molecule has 0 aromatic carbocycles. The molecule has 0 unspecified atom stereocenters. The second kappa shape index (κ2) is 7.61. The van der Waals surface area contributed by atoms with Gasteiger partial charge in [-0.1, -0.05) is 12.8 Å². The van der Waals surface area contributed by atoms with Crippen molar-refractivity contribution in [3.8, 4) is 0 Å². The summed E-state index contributed by atoms with van der Waals surface area (Å²) in [6, 6.07) is -0.203. The van der Waals surface area contributed by atoms with Crippen molar-refractivity contribution >= 4 is 17.8 Å². The third-order valence-electron chi connectivity index (χ3n) is 4.72. The predicted octanol–water partition coefficient (Wildman–Crippen LogP) is 1.39. The molecule has 2 N–H and O–H groups in total. The first-order chi connectivity index (χ1) is 10.5. The van der Waals surface area contributed by atoms with Crippen molar-refractivity contribution in [2.45, 2.75) is 57.9 Å². The van der Waals surface area contributed by atoms with E-state index >= 15 is 0 Å². The van der Waals surface area contributed by atoms with Crippen molar-refractivity contribution in [3.05, 3.63) is 0 Å². The Morgan fingerprint density at radius 2 is 1.77 bits per heavy atom. The molecule has 0 aromatic rings. The van der Waals surface area contributed by atoms with E-state index in [9.17, 15) is 14.4 Å². The van der Waals surface area contributed by atoms with Crippen molar-refractivity contribution in [2.24, 2.45) is 11.8 Å². The van der Waals surface area contributed by atoms with Crippen LogP contribution < -0.4 is 5.32 Å². The van der Waals surface area contributed by atoms with Crippen molar-refractivity contribution in [3.63, 3.8) is 0 Å². The summed E-state index contributed by atoms with van der Waals surface area (Å²) in [5, 5.41) is 12.0. The summed E-state index contributed by atoms with van der Waals surface area (Å²) >= 11 is 0. The minimum Gasteiger partial charge on any atom is -0.481 e. The lowest BCUT2D eigenvalue weighted by Crippen LogP contribution is -2.45. The van der Waals surface area contributed by atoms with Gasteiger partial charge < -0.3 is 15.3 Å². The lowest BCUT2D eigenvalue weighted by Gasteiger charge is -2.31. The van der Waals surface area contributed by atoms with Gasteiger partial charge in [-0.3, -0.25) is 14.4 Å². The highest BCUT2D eigenvalue weighted by Crippen LogP contribution is 2.25. The molecule has 6 nitrogen and oxygen atoms in total. The Kier molecular flexibility index (Phi) is 5.80. The van der Waals surface area contributed by atoms with Gasteiger partial charge in [-0.25, -0.2) is 0 Å². The summed E-state index contributed by atoms with van der Waals surface area (Å²) < 4.78 is 0.